The van der Waals surface area contributed by atoms with Gasteiger partial charge in [-0.3, -0.25) is 0 Å². The maximum Gasteiger partial charge on any atom is 0.141 e. The lowest BCUT2D eigenvalue weighted by atomic mass is 9.89. The second kappa shape index (κ2) is 4.97. The normalized spacial score (nSPS) is 23.1. The molecule has 5 heteroatoms. The predicted molar refractivity (Wildman–Crippen MR) is 83.7 cm³/mol. The third-order valence-electron chi connectivity index (χ3n) is 4.49. The van der Waals surface area contributed by atoms with Gasteiger partial charge in [-0.15, -0.1) is 11.3 Å². The Hall–Kier alpha value is -1.20. The Bertz CT molecular complexity index is 630. The van der Waals surface area contributed by atoms with Gasteiger partial charge < -0.3 is 10.2 Å². The van der Waals surface area contributed by atoms with E-state index in [2.05, 4.69) is 27.1 Å². The topological polar surface area (TPSA) is 41.1 Å². The molecule has 0 bridgehead atoms. The summed E-state index contributed by atoms with van der Waals surface area (Å²) in [5.74, 6) is 1.98. The molecular formula is C15H20N4S. The van der Waals surface area contributed by atoms with Crippen molar-refractivity contribution in [1.29, 1.82) is 0 Å². The molecule has 1 atom stereocenters. The highest BCUT2D eigenvalue weighted by Crippen LogP contribution is 2.40. The summed E-state index contributed by atoms with van der Waals surface area (Å²) in [6, 6.07) is 0. The molecule has 4 rings (SSSR count). The van der Waals surface area contributed by atoms with Crippen LogP contribution in [0.3, 0.4) is 0 Å². The Morgan fingerprint density at radius 1 is 1.30 bits per heavy atom. The average molecular weight is 288 g/mol. The van der Waals surface area contributed by atoms with Crippen LogP contribution in [0.15, 0.2) is 6.33 Å². The predicted octanol–water partition coefficient (Wildman–Crippen LogP) is 2.23. The number of fused-ring (bicyclic) bond motifs is 3. The molecule has 0 saturated carbocycles. The number of rotatable bonds is 1. The summed E-state index contributed by atoms with van der Waals surface area (Å²) in [4.78, 5) is 14.3. The number of piperazine rings is 1. The molecule has 4 nitrogen and oxygen atoms in total. The third kappa shape index (κ3) is 2.00. The van der Waals surface area contributed by atoms with Crippen LogP contribution in [0.4, 0.5) is 5.82 Å². The van der Waals surface area contributed by atoms with Gasteiger partial charge in [0.2, 0.25) is 0 Å². The maximum absolute atomic E-state index is 4.62. The van der Waals surface area contributed by atoms with Crippen LogP contribution in [-0.4, -0.2) is 36.1 Å². The van der Waals surface area contributed by atoms with E-state index in [1.165, 1.54) is 40.9 Å². The minimum Gasteiger partial charge on any atom is -0.353 e. The summed E-state index contributed by atoms with van der Waals surface area (Å²) in [5.41, 5.74) is 1.54. The number of anilines is 1. The van der Waals surface area contributed by atoms with Gasteiger partial charge in [0, 0.05) is 31.1 Å². The van der Waals surface area contributed by atoms with Crippen molar-refractivity contribution in [2.24, 2.45) is 5.92 Å². The van der Waals surface area contributed by atoms with Crippen molar-refractivity contribution < 1.29 is 0 Å². The molecule has 3 heterocycles. The van der Waals surface area contributed by atoms with E-state index in [1.54, 1.807) is 11.2 Å². The number of aromatic nitrogens is 2. The SMILES string of the molecule is CC1CCc2c(sc3ncnc(N4CCNCC4)c23)C1. The Labute approximate surface area is 123 Å². The summed E-state index contributed by atoms with van der Waals surface area (Å²) in [6.45, 7) is 6.56. The lowest BCUT2D eigenvalue weighted by Gasteiger charge is -2.29. The van der Waals surface area contributed by atoms with Crippen LogP contribution in [-0.2, 0) is 12.8 Å². The molecule has 1 saturated heterocycles. The van der Waals surface area contributed by atoms with Crippen molar-refractivity contribution in [2.45, 2.75) is 26.2 Å². The first-order chi connectivity index (χ1) is 9.83. The molecule has 0 radical (unpaired) electrons. The van der Waals surface area contributed by atoms with E-state index in [0.29, 0.717) is 0 Å². The molecule has 2 aromatic rings. The quantitative estimate of drug-likeness (QED) is 0.873. The van der Waals surface area contributed by atoms with Gasteiger partial charge in [0.1, 0.15) is 17.0 Å². The first-order valence-corrected chi connectivity index (χ1v) is 8.35. The summed E-state index contributed by atoms with van der Waals surface area (Å²) in [5, 5.41) is 4.76. The highest BCUT2D eigenvalue weighted by molar-refractivity contribution is 7.19. The third-order valence-corrected chi connectivity index (χ3v) is 5.65. The monoisotopic (exact) mass is 288 g/mol. The van der Waals surface area contributed by atoms with Crippen molar-refractivity contribution in [2.75, 3.05) is 31.1 Å². The Balaban J connectivity index is 1.84. The van der Waals surface area contributed by atoms with E-state index >= 15 is 0 Å². The van der Waals surface area contributed by atoms with Gasteiger partial charge in [0.15, 0.2) is 0 Å². The van der Waals surface area contributed by atoms with Crippen molar-refractivity contribution in [3.63, 3.8) is 0 Å². The standard InChI is InChI=1S/C15H20N4S/c1-10-2-3-11-12(8-10)20-15-13(11)14(17-9-18-15)19-6-4-16-5-7-19/h9-10,16H,2-8H2,1H3. The van der Waals surface area contributed by atoms with Crippen molar-refractivity contribution in [3.05, 3.63) is 16.8 Å². The number of aryl methyl sites for hydroxylation is 1. The largest absolute Gasteiger partial charge is 0.353 e. The van der Waals surface area contributed by atoms with E-state index in [0.717, 1.165) is 32.1 Å². The fourth-order valence-electron chi connectivity index (χ4n) is 3.37. The van der Waals surface area contributed by atoms with Gasteiger partial charge >= 0.3 is 0 Å². The summed E-state index contributed by atoms with van der Waals surface area (Å²) >= 11 is 1.89. The van der Waals surface area contributed by atoms with Crippen LogP contribution in [0.5, 0.6) is 0 Å². The fourth-order valence-corrected chi connectivity index (χ4v) is 4.72. The van der Waals surface area contributed by atoms with Gasteiger partial charge in [0.25, 0.3) is 0 Å². The fraction of sp³-hybridized carbons (Fsp3) is 0.600. The zero-order valence-corrected chi connectivity index (χ0v) is 12.7. The van der Waals surface area contributed by atoms with Crippen molar-refractivity contribution in [1.82, 2.24) is 15.3 Å². The first-order valence-electron chi connectivity index (χ1n) is 7.54. The Morgan fingerprint density at radius 2 is 2.15 bits per heavy atom. The van der Waals surface area contributed by atoms with E-state index in [9.17, 15) is 0 Å². The van der Waals surface area contributed by atoms with Gasteiger partial charge in [0.05, 0.1) is 5.39 Å². The summed E-state index contributed by atoms with van der Waals surface area (Å²) < 4.78 is 0. The molecule has 0 spiro atoms. The van der Waals surface area contributed by atoms with E-state index in [-0.39, 0.29) is 0 Å². The number of hydrogen-bond acceptors (Lipinski definition) is 5. The second-order valence-electron chi connectivity index (χ2n) is 5.97. The Kier molecular flexibility index (Phi) is 3.11. The molecule has 2 aliphatic rings. The van der Waals surface area contributed by atoms with Gasteiger partial charge in [-0.25, -0.2) is 9.97 Å². The zero-order valence-electron chi connectivity index (χ0n) is 11.9. The van der Waals surface area contributed by atoms with Gasteiger partial charge in [-0.1, -0.05) is 6.92 Å². The minimum atomic E-state index is 0.811. The van der Waals surface area contributed by atoms with E-state index in [1.807, 2.05) is 11.3 Å². The maximum atomic E-state index is 4.62. The van der Waals surface area contributed by atoms with Crippen LogP contribution in [0.2, 0.25) is 0 Å². The number of nitrogens with zero attached hydrogens (tertiary/aromatic N) is 3. The number of thiophene rings is 1. The minimum absolute atomic E-state index is 0.811. The van der Waals surface area contributed by atoms with Crippen LogP contribution in [0, 0.1) is 5.92 Å². The molecule has 2 aromatic heterocycles. The van der Waals surface area contributed by atoms with Gasteiger partial charge in [-0.2, -0.15) is 0 Å². The molecule has 20 heavy (non-hydrogen) atoms. The van der Waals surface area contributed by atoms with Crippen LogP contribution in [0.25, 0.3) is 10.2 Å². The molecule has 0 amide bonds. The highest BCUT2D eigenvalue weighted by Gasteiger charge is 2.25. The van der Waals surface area contributed by atoms with Crippen molar-refractivity contribution in [3.8, 4) is 0 Å². The lowest BCUT2D eigenvalue weighted by Crippen LogP contribution is -2.44. The molecule has 1 N–H and O–H groups in total. The van der Waals surface area contributed by atoms with Crippen LogP contribution in [0.1, 0.15) is 23.8 Å². The summed E-state index contributed by atoms with van der Waals surface area (Å²) in [7, 11) is 0. The average Bonchev–Trinajstić information content (AvgIpc) is 2.85. The molecule has 1 fully saturated rings. The second-order valence-corrected chi connectivity index (χ2v) is 7.05. The van der Waals surface area contributed by atoms with E-state index < -0.39 is 0 Å². The first kappa shape index (κ1) is 12.5. The van der Waals surface area contributed by atoms with Crippen molar-refractivity contribution >= 4 is 27.4 Å². The van der Waals surface area contributed by atoms with Crippen LogP contribution >= 0.6 is 11.3 Å². The van der Waals surface area contributed by atoms with Gasteiger partial charge in [-0.05, 0) is 30.7 Å². The number of nitrogens with one attached hydrogen (secondary N) is 1. The molecule has 1 aliphatic heterocycles. The zero-order chi connectivity index (χ0) is 13.5. The molecule has 1 unspecified atom stereocenters. The van der Waals surface area contributed by atoms with Crippen LogP contribution < -0.4 is 10.2 Å². The molecule has 0 aromatic carbocycles. The highest BCUT2D eigenvalue weighted by atomic mass is 32.1. The molecular weight excluding hydrogens is 268 g/mol. The lowest BCUT2D eigenvalue weighted by molar-refractivity contribution is 0.509. The summed E-state index contributed by atoms with van der Waals surface area (Å²) in [6.07, 6.45) is 5.46. The van der Waals surface area contributed by atoms with E-state index in [4.69, 9.17) is 0 Å². The Morgan fingerprint density at radius 3 is 3.00 bits per heavy atom. The number of hydrogen-bond donors (Lipinski definition) is 1. The molecule has 106 valence electrons. The molecule has 1 aliphatic carbocycles. The smallest absolute Gasteiger partial charge is 0.141 e.